The van der Waals surface area contributed by atoms with Gasteiger partial charge in [-0.05, 0) is 30.0 Å². The fourth-order valence-corrected chi connectivity index (χ4v) is 2.68. The number of nitrogens with one attached hydrogen (secondary N) is 2. The van der Waals surface area contributed by atoms with Crippen molar-refractivity contribution in [2.24, 2.45) is 7.05 Å². The molecule has 2 aromatic rings. The second-order valence-corrected chi connectivity index (χ2v) is 6.47. The van der Waals surface area contributed by atoms with Gasteiger partial charge in [0.2, 0.25) is 5.91 Å². The molecule has 0 bridgehead atoms. The molecule has 24 heavy (non-hydrogen) atoms. The van der Waals surface area contributed by atoms with Gasteiger partial charge in [-0.1, -0.05) is 32.9 Å². The number of aromatic nitrogens is 2. The van der Waals surface area contributed by atoms with Crippen molar-refractivity contribution >= 4 is 11.6 Å². The van der Waals surface area contributed by atoms with Crippen LogP contribution in [-0.2, 0) is 24.9 Å². The van der Waals surface area contributed by atoms with Gasteiger partial charge in [-0.15, -0.1) is 0 Å². The molecule has 1 aromatic carbocycles. The van der Waals surface area contributed by atoms with Crippen molar-refractivity contribution in [2.45, 2.75) is 52.6 Å². The van der Waals surface area contributed by atoms with E-state index in [1.807, 2.05) is 42.9 Å². The monoisotopic (exact) mass is 328 g/mol. The number of carbonyl (C=O) groups is 1. The highest BCUT2D eigenvalue weighted by molar-refractivity contribution is 5.90. The standard InChI is InChI=1S/C19H28N4O/c1-5-6-18(24)21-17-9-7-15(8-10-17)11-20-12-16-13-23(4)22-19(16)14(2)3/h7-10,13-14,20H,5-6,11-12H2,1-4H3,(H,21,24). The van der Waals surface area contributed by atoms with Crippen LogP contribution in [0.1, 0.15) is 56.4 Å². The van der Waals surface area contributed by atoms with Gasteiger partial charge in [-0.3, -0.25) is 9.48 Å². The molecule has 0 spiro atoms. The smallest absolute Gasteiger partial charge is 0.224 e. The Morgan fingerprint density at radius 3 is 2.54 bits per heavy atom. The van der Waals surface area contributed by atoms with E-state index >= 15 is 0 Å². The van der Waals surface area contributed by atoms with Crippen molar-refractivity contribution in [1.82, 2.24) is 15.1 Å². The van der Waals surface area contributed by atoms with Crippen molar-refractivity contribution in [1.29, 1.82) is 0 Å². The SMILES string of the molecule is CCCC(=O)Nc1ccc(CNCc2cn(C)nc2C(C)C)cc1. The molecule has 0 aliphatic carbocycles. The van der Waals surface area contributed by atoms with Crippen LogP contribution in [0.15, 0.2) is 30.5 Å². The highest BCUT2D eigenvalue weighted by Crippen LogP contribution is 2.17. The van der Waals surface area contributed by atoms with Crippen LogP contribution in [0.3, 0.4) is 0 Å². The molecule has 0 aliphatic rings. The van der Waals surface area contributed by atoms with Gasteiger partial charge in [-0.25, -0.2) is 0 Å². The zero-order valence-corrected chi connectivity index (χ0v) is 15.1. The van der Waals surface area contributed by atoms with E-state index < -0.39 is 0 Å². The minimum absolute atomic E-state index is 0.0705. The number of hydrogen-bond donors (Lipinski definition) is 2. The summed E-state index contributed by atoms with van der Waals surface area (Å²) in [5, 5.41) is 10.9. The molecule has 2 rings (SSSR count). The lowest BCUT2D eigenvalue weighted by Crippen LogP contribution is -2.14. The quantitative estimate of drug-likeness (QED) is 0.779. The van der Waals surface area contributed by atoms with Gasteiger partial charge in [0.15, 0.2) is 0 Å². The van der Waals surface area contributed by atoms with Gasteiger partial charge in [0.05, 0.1) is 5.69 Å². The lowest BCUT2D eigenvalue weighted by atomic mass is 10.1. The van der Waals surface area contributed by atoms with Gasteiger partial charge < -0.3 is 10.6 Å². The lowest BCUT2D eigenvalue weighted by molar-refractivity contribution is -0.116. The normalized spacial score (nSPS) is 11.0. The molecule has 0 fully saturated rings. The summed E-state index contributed by atoms with van der Waals surface area (Å²) in [5.74, 6) is 0.496. The fraction of sp³-hybridized carbons (Fsp3) is 0.474. The summed E-state index contributed by atoms with van der Waals surface area (Å²) < 4.78 is 1.88. The first-order chi connectivity index (χ1) is 11.5. The number of amides is 1. The zero-order valence-electron chi connectivity index (χ0n) is 15.1. The first-order valence-corrected chi connectivity index (χ1v) is 8.61. The maximum Gasteiger partial charge on any atom is 0.224 e. The van der Waals surface area contributed by atoms with Gasteiger partial charge in [0, 0.05) is 44.0 Å². The minimum Gasteiger partial charge on any atom is -0.326 e. The predicted molar refractivity (Wildman–Crippen MR) is 97.8 cm³/mol. The zero-order chi connectivity index (χ0) is 17.5. The maximum absolute atomic E-state index is 11.6. The highest BCUT2D eigenvalue weighted by Gasteiger charge is 2.10. The number of carbonyl (C=O) groups excluding carboxylic acids is 1. The predicted octanol–water partition coefficient (Wildman–Crippen LogP) is 3.57. The van der Waals surface area contributed by atoms with E-state index in [4.69, 9.17) is 0 Å². The van der Waals surface area contributed by atoms with Crippen LogP contribution in [0.4, 0.5) is 5.69 Å². The van der Waals surface area contributed by atoms with Crippen LogP contribution in [0, 0.1) is 0 Å². The van der Waals surface area contributed by atoms with Crippen LogP contribution in [0.2, 0.25) is 0 Å². The van der Waals surface area contributed by atoms with Crippen molar-refractivity contribution in [2.75, 3.05) is 5.32 Å². The third-order valence-electron chi connectivity index (χ3n) is 3.84. The molecule has 0 unspecified atom stereocenters. The summed E-state index contributed by atoms with van der Waals surface area (Å²) in [7, 11) is 1.96. The van der Waals surface area contributed by atoms with Crippen molar-refractivity contribution in [3.63, 3.8) is 0 Å². The third kappa shape index (κ3) is 5.20. The Labute approximate surface area is 144 Å². The first-order valence-electron chi connectivity index (χ1n) is 8.61. The topological polar surface area (TPSA) is 59.0 Å². The van der Waals surface area contributed by atoms with Gasteiger partial charge in [0.25, 0.3) is 0 Å². The van der Waals surface area contributed by atoms with E-state index in [2.05, 4.69) is 35.8 Å². The molecule has 1 aromatic heterocycles. The lowest BCUT2D eigenvalue weighted by Gasteiger charge is -2.08. The molecule has 5 nitrogen and oxygen atoms in total. The largest absolute Gasteiger partial charge is 0.326 e. The molecule has 0 aliphatic heterocycles. The number of hydrogen-bond acceptors (Lipinski definition) is 3. The van der Waals surface area contributed by atoms with Crippen molar-refractivity contribution < 1.29 is 4.79 Å². The van der Waals surface area contributed by atoms with E-state index in [0.717, 1.165) is 30.9 Å². The molecule has 5 heteroatoms. The van der Waals surface area contributed by atoms with E-state index in [1.54, 1.807) is 0 Å². The fourth-order valence-electron chi connectivity index (χ4n) is 2.68. The Bertz CT molecular complexity index is 659. The molecule has 0 atom stereocenters. The van der Waals surface area contributed by atoms with Crippen LogP contribution in [0.25, 0.3) is 0 Å². The summed E-state index contributed by atoms with van der Waals surface area (Å²) in [6.07, 6.45) is 3.50. The minimum atomic E-state index is 0.0705. The summed E-state index contributed by atoms with van der Waals surface area (Å²) >= 11 is 0. The molecule has 2 N–H and O–H groups in total. The molecular weight excluding hydrogens is 300 g/mol. The number of nitrogens with zero attached hydrogens (tertiary/aromatic N) is 2. The second-order valence-electron chi connectivity index (χ2n) is 6.47. The van der Waals surface area contributed by atoms with Gasteiger partial charge in [-0.2, -0.15) is 5.10 Å². The van der Waals surface area contributed by atoms with Crippen LogP contribution >= 0.6 is 0 Å². The summed E-state index contributed by atoms with van der Waals surface area (Å²) in [4.78, 5) is 11.6. The molecule has 0 saturated carbocycles. The third-order valence-corrected chi connectivity index (χ3v) is 3.84. The Balaban J connectivity index is 1.86. The van der Waals surface area contributed by atoms with E-state index in [0.29, 0.717) is 12.3 Å². The molecule has 1 amide bonds. The molecule has 0 saturated heterocycles. The van der Waals surface area contributed by atoms with Crippen molar-refractivity contribution in [3.05, 3.63) is 47.3 Å². The van der Waals surface area contributed by atoms with Crippen LogP contribution < -0.4 is 10.6 Å². The summed E-state index contributed by atoms with van der Waals surface area (Å²) in [5.41, 5.74) is 4.44. The highest BCUT2D eigenvalue weighted by atomic mass is 16.1. The Morgan fingerprint density at radius 2 is 1.92 bits per heavy atom. The number of rotatable bonds is 8. The van der Waals surface area contributed by atoms with Gasteiger partial charge >= 0.3 is 0 Å². The molecule has 130 valence electrons. The van der Waals surface area contributed by atoms with Crippen molar-refractivity contribution in [3.8, 4) is 0 Å². The number of benzene rings is 1. The maximum atomic E-state index is 11.6. The van der Waals surface area contributed by atoms with E-state index in [9.17, 15) is 4.79 Å². The summed E-state index contributed by atoms with van der Waals surface area (Å²) in [6, 6.07) is 7.99. The molecule has 1 heterocycles. The average Bonchev–Trinajstić information content (AvgIpc) is 2.90. The molecular formula is C19H28N4O. The Hall–Kier alpha value is -2.14. The van der Waals surface area contributed by atoms with Gasteiger partial charge in [0.1, 0.15) is 0 Å². The number of aryl methyl sites for hydroxylation is 1. The first kappa shape index (κ1) is 18.2. The summed E-state index contributed by atoms with van der Waals surface area (Å²) in [6.45, 7) is 7.92. The van der Waals surface area contributed by atoms with E-state index in [1.165, 1.54) is 11.1 Å². The average molecular weight is 328 g/mol. The Morgan fingerprint density at radius 1 is 1.21 bits per heavy atom. The van der Waals surface area contributed by atoms with Crippen LogP contribution in [0.5, 0.6) is 0 Å². The van der Waals surface area contributed by atoms with E-state index in [-0.39, 0.29) is 5.91 Å². The number of anilines is 1. The Kier molecular flexibility index (Phi) is 6.55. The van der Waals surface area contributed by atoms with Crippen LogP contribution in [-0.4, -0.2) is 15.7 Å². The second kappa shape index (κ2) is 8.64. The molecule has 0 radical (unpaired) electrons.